The van der Waals surface area contributed by atoms with Gasteiger partial charge in [-0.25, -0.2) is 0 Å². The van der Waals surface area contributed by atoms with Gasteiger partial charge in [0.15, 0.2) is 5.78 Å². The van der Waals surface area contributed by atoms with Gasteiger partial charge in [-0.2, -0.15) is 0 Å². The lowest BCUT2D eigenvalue weighted by Crippen LogP contribution is -2.29. The molecule has 1 heterocycles. The summed E-state index contributed by atoms with van der Waals surface area (Å²) in [6.45, 7) is 4.19. The topological polar surface area (TPSA) is 25.2 Å². The van der Waals surface area contributed by atoms with Crippen molar-refractivity contribution in [2.75, 3.05) is 13.1 Å². The van der Waals surface area contributed by atoms with Crippen LogP contribution in [0.1, 0.15) is 22.8 Å². The van der Waals surface area contributed by atoms with Gasteiger partial charge in [-0.1, -0.05) is 55.5 Å². The van der Waals surface area contributed by atoms with Crippen LogP contribution in [0.5, 0.6) is 0 Å². The quantitative estimate of drug-likeness (QED) is 0.646. The molecular formula is C20H22N2O. The van der Waals surface area contributed by atoms with Crippen LogP contribution < -0.4 is 0 Å². The molecule has 0 aliphatic heterocycles. The molecule has 1 aromatic heterocycles. The van der Waals surface area contributed by atoms with Crippen molar-refractivity contribution in [1.82, 2.24) is 9.47 Å². The lowest BCUT2D eigenvalue weighted by Gasteiger charge is -2.19. The van der Waals surface area contributed by atoms with E-state index in [0.717, 1.165) is 29.6 Å². The van der Waals surface area contributed by atoms with Gasteiger partial charge in [0, 0.05) is 36.3 Å². The maximum Gasteiger partial charge on any atom is 0.178 e. The fourth-order valence-corrected chi connectivity index (χ4v) is 2.97. The summed E-state index contributed by atoms with van der Waals surface area (Å²) in [4.78, 5) is 15.0. The number of rotatable bonds is 6. The first-order valence-corrected chi connectivity index (χ1v) is 8.02. The van der Waals surface area contributed by atoms with Crippen molar-refractivity contribution < 1.29 is 4.79 Å². The highest BCUT2D eigenvalue weighted by Gasteiger charge is 2.16. The number of aryl methyl sites for hydroxylation is 1. The number of likely N-dealkylation sites (N-methyl/N-ethyl adjacent to an activating group) is 1. The standard InChI is InChI=1S/C20H22N2O/c1-3-22(13-16-9-5-4-6-10-16)15-20(23)18-14-21(2)19-12-8-7-11-17(18)19/h4-12,14H,3,13,15H2,1-2H3. The fourth-order valence-electron chi connectivity index (χ4n) is 2.97. The van der Waals surface area contributed by atoms with Crippen LogP contribution in [0, 0.1) is 0 Å². The minimum absolute atomic E-state index is 0.180. The Kier molecular flexibility index (Phi) is 4.58. The Hall–Kier alpha value is -2.39. The lowest BCUT2D eigenvalue weighted by atomic mass is 10.1. The van der Waals surface area contributed by atoms with Gasteiger partial charge in [0.05, 0.1) is 6.54 Å². The zero-order chi connectivity index (χ0) is 16.2. The number of benzene rings is 2. The zero-order valence-electron chi connectivity index (χ0n) is 13.7. The largest absolute Gasteiger partial charge is 0.350 e. The van der Waals surface area contributed by atoms with E-state index in [1.165, 1.54) is 5.56 Å². The van der Waals surface area contributed by atoms with E-state index < -0.39 is 0 Å². The summed E-state index contributed by atoms with van der Waals surface area (Å²) in [5, 5.41) is 1.04. The van der Waals surface area contributed by atoms with E-state index in [-0.39, 0.29) is 5.78 Å². The summed E-state index contributed by atoms with van der Waals surface area (Å²) in [5.41, 5.74) is 3.15. The number of Topliss-reactive ketones (excluding diaryl/α,β-unsaturated/α-hetero) is 1. The van der Waals surface area contributed by atoms with Crippen LogP contribution in [0.4, 0.5) is 0 Å². The second-order valence-electron chi connectivity index (χ2n) is 5.88. The first-order valence-electron chi connectivity index (χ1n) is 8.02. The third-order valence-corrected chi connectivity index (χ3v) is 4.26. The summed E-state index contributed by atoms with van der Waals surface area (Å²) in [7, 11) is 1.99. The summed E-state index contributed by atoms with van der Waals surface area (Å²) in [6, 6.07) is 18.4. The molecule has 118 valence electrons. The maximum atomic E-state index is 12.8. The number of nitrogens with zero attached hydrogens (tertiary/aromatic N) is 2. The van der Waals surface area contributed by atoms with Crippen LogP contribution in [-0.4, -0.2) is 28.3 Å². The molecule has 3 rings (SSSR count). The predicted molar refractivity (Wildman–Crippen MR) is 94.6 cm³/mol. The van der Waals surface area contributed by atoms with Crippen molar-refractivity contribution >= 4 is 16.7 Å². The number of carbonyl (C=O) groups excluding carboxylic acids is 1. The molecule has 3 aromatic rings. The zero-order valence-corrected chi connectivity index (χ0v) is 13.7. The van der Waals surface area contributed by atoms with Crippen molar-refractivity contribution in [2.45, 2.75) is 13.5 Å². The van der Waals surface area contributed by atoms with Gasteiger partial charge in [-0.05, 0) is 18.2 Å². The molecule has 3 nitrogen and oxygen atoms in total. The van der Waals surface area contributed by atoms with Gasteiger partial charge >= 0.3 is 0 Å². The van der Waals surface area contributed by atoms with Gasteiger partial charge in [0.1, 0.15) is 0 Å². The number of ketones is 1. The number of hydrogen-bond donors (Lipinski definition) is 0. The van der Waals surface area contributed by atoms with E-state index in [0.29, 0.717) is 6.54 Å². The highest BCUT2D eigenvalue weighted by Crippen LogP contribution is 2.21. The normalized spacial score (nSPS) is 11.3. The smallest absolute Gasteiger partial charge is 0.178 e. The van der Waals surface area contributed by atoms with E-state index in [9.17, 15) is 4.79 Å². The first kappa shape index (κ1) is 15.5. The number of carbonyl (C=O) groups is 1. The van der Waals surface area contributed by atoms with E-state index in [2.05, 4.69) is 24.0 Å². The van der Waals surface area contributed by atoms with E-state index in [4.69, 9.17) is 0 Å². The highest BCUT2D eigenvalue weighted by molar-refractivity contribution is 6.09. The van der Waals surface area contributed by atoms with E-state index in [1.807, 2.05) is 60.3 Å². The van der Waals surface area contributed by atoms with Gasteiger partial charge in [-0.3, -0.25) is 9.69 Å². The van der Waals surface area contributed by atoms with Crippen LogP contribution in [0.2, 0.25) is 0 Å². The summed E-state index contributed by atoms with van der Waals surface area (Å²) >= 11 is 0. The molecule has 0 aliphatic carbocycles. The summed E-state index contributed by atoms with van der Waals surface area (Å²) in [5.74, 6) is 0.180. The molecule has 0 amide bonds. The van der Waals surface area contributed by atoms with Crippen LogP contribution in [0.15, 0.2) is 60.8 Å². The molecule has 0 N–H and O–H groups in total. The third-order valence-electron chi connectivity index (χ3n) is 4.26. The molecule has 0 atom stereocenters. The molecule has 0 bridgehead atoms. The Bertz CT molecular complexity index is 805. The average molecular weight is 306 g/mol. The van der Waals surface area contributed by atoms with Crippen molar-refractivity contribution in [3.05, 3.63) is 71.9 Å². The maximum absolute atomic E-state index is 12.8. The van der Waals surface area contributed by atoms with Gasteiger partial charge in [0.25, 0.3) is 0 Å². The Morgan fingerprint density at radius 2 is 1.74 bits per heavy atom. The second-order valence-corrected chi connectivity index (χ2v) is 5.88. The lowest BCUT2D eigenvalue weighted by molar-refractivity contribution is 0.0931. The van der Waals surface area contributed by atoms with Crippen LogP contribution in [0.3, 0.4) is 0 Å². The third kappa shape index (κ3) is 3.35. The molecule has 3 heteroatoms. The molecule has 0 aliphatic rings. The molecule has 23 heavy (non-hydrogen) atoms. The van der Waals surface area contributed by atoms with Gasteiger partial charge in [0.2, 0.25) is 0 Å². The van der Waals surface area contributed by atoms with Crippen LogP contribution in [-0.2, 0) is 13.6 Å². The van der Waals surface area contributed by atoms with Crippen molar-refractivity contribution in [3.8, 4) is 0 Å². The molecule has 0 saturated heterocycles. The van der Waals surface area contributed by atoms with E-state index in [1.54, 1.807) is 0 Å². The molecule has 2 aromatic carbocycles. The Morgan fingerprint density at radius 1 is 1.04 bits per heavy atom. The summed E-state index contributed by atoms with van der Waals surface area (Å²) in [6.07, 6.45) is 1.95. The monoisotopic (exact) mass is 306 g/mol. The van der Waals surface area contributed by atoms with Crippen LogP contribution in [0.25, 0.3) is 10.9 Å². The minimum Gasteiger partial charge on any atom is -0.350 e. The van der Waals surface area contributed by atoms with Gasteiger partial charge < -0.3 is 4.57 Å². The second kappa shape index (κ2) is 6.80. The summed E-state index contributed by atoms with van der Waals surface area (Å²) < 4.78 is 2.02. The van der Waals surface area contributed by atoms with Crippen molar-refractivity contribution in [1.29, 1.82) is 0 Å². The Balaban J connectivity index is 1.79. The first-order chi connectivity index (χ1) is 11.2. The van der Waals surface area contributed by atoms with Crippen molar-refractivity contribution in [2.24, 2.45) is 7.05 Å². The molecule has 0 fully saturated rings. The molecule has 0 radical (unpaired) electrons. The van der Waals surface area contributed by atoms with E-state index >= 15 is 0 Å². The van der Waals surface area contributed by atoms with Crippen molar-refractivity contribution in [3.63, 3.8) is 0 Å². The average Bonchev–Trinajstić information content (AvgIpc) is 2.93. The van der Waals surface area contributed by atoms with Crippen LogP contribution >= 0.6 is 0 Å². The molecule has 0 unspecified atom stereocenters. The number of para-hydroxylation sites is 1. The Morgan fingerprint density at radius 3 is 2.48 bits per heavy atom. The fraction of sp³-hybridized carbons (Fsp3) is 0.250. The Labute approximate surface area is 137 Å². The SMILES string of the molecule is CCN(CC(=O)c1cn(C)c2ccccc12)Cc1ccccc1. The highest BCUT2D eigenvalue weighted by atomic mass is 16.1. The molecule has 0 saturated carbocycles. The number of aromatic nitrogens is 1. The van der Waals surface area contributed by atoms with Gasteiger partial charge in [-0.15, -0.1) is 0 Å². The molecule has 0 spiro atoms. The molecular weight excluding hydrogens is 284 g/mol. The predicted octanol–water partition coefficient (Wildman–Crippen LogP) is 3.88. The number of fused-ring (bicyclic) bond motifs is 1. The number of hydrogen-bond acceptors (Lipinski definition) is 2. The minimum atomic E-state index is 0.180.